The highest BCUT2D eigenvalue weighted by atomic mass is 28.3. The van der Waals surface area contributed by atoms with Crippen LogP contribution in [0.15, 0.2) is 121 Å². The third kappa shape index (κ3) is 3.41. The van der Waals surface area contributed by atoms with Crippen molar-refractivity contribution in [2.24, 2.45) is 0 Å². The molecule has 0 saturated carbocycles. The van der Waals surface area contributed by atoms with E-state index in [4.69, 9.17) is 0 Å². The second kappa shape index (κ2) is 9.03. The van der Waals surface area contributed by atoms with Crippen LogP contribution in [0.25, 0.3) is 55.6 Å². The van der Waals surface area contributed by atoms with Crippen LogP contribution in [0.3, 0.4) is 0 Å². The highest BCUT2D eigenvalue weighted by molar-refractivity contribution is 7.07. The lowest BCUT2D eigenvalue weighted by Crippen LogP contribution is -2.53. The summed E-state index contributed by atoms with van der Waals surface area (Å²) in [7, 11) is -5.86. The first-order valence-corrected chi connectivity index (χ1v) is 25.4. The van der Waals surface area contributed by atoms with Crippen LogP contribution < -0.4 is 31.1 Å². The van der Waals surface area contributed by atoms with Gasteiger partial charge in [-0.25, -0.2) is 0 Å². The number of rotatable bonds is 2. The molecule has 0 N–H and O–H groups in total. The van der Waals surface area contributed by atoms with E-state index < -0.39 is 24.2 Å². The Kier molecular flexibility index (Phi) is 5.48. The van der Waals surface area contributed by atoms with Crippen molar-refractivity contribution in [3.05, 3.63) is 121 Å². The smallest absolute Gasteiger partial charge is 0.0623 e. The highest BCUT2D eigenvalue weighted by Gasteiger charge is 2.45. The minimum Gasteiger partial charge on any atom is -0.0623 e. The van der Waals surface area contributed by atoms with Crippen LogP contribution in [-0.4, -0.2) is 24.2 Å². The Morgan fingerprint density at radius 3 is 0.778 bits per heavy atom. The first-order valence-electron chi connectivity index (χ1n) is 16.4. The van der Waals surface area contributed by atoms with Crippen molar-refractivity contribution in [3.8, 4) is 55.6 Å². The Morgan fingerprint density at radius 2 is 0.467 bits per heavy atom. The second-order valence-corrected chi connectivity index (χ2v) is 27.7. The minimum absolute atomic E-state index is 1.45. The lowest BCUT2D eigenvalue weighted by Gasteiger charge is -2.29. The van der Waals surface area contributed by atoms with Crippen LogP contribution in [-0.2, 0) is 0 Å². The molecule has 0 aliphatic carbocycles. The third-order valence-corrected chi connectivity index (χ3v) is 22.1. The van der Waals surface area contributed by atoms with E-state index in [0.29, 0.717) is 0 Å². The Bertz CT molecular complexity index is 2090. The van der Waals surface area contributed by atoms with Gasteiger partial charge in [0.25, 0.3) is 0 Å². The summed E-state index contributed by atoms with van der Waals surface area (Å²) in [6.07, 6.45) is 0. The first-order chi connectivity index (χ1) is 21.6. The zero-order valence-electron chi connectivity index (χ0n) is 27.0. The van der Waals surface area contributed by atoms with Crippen molar-refractivity contribution in [3.63, 3.8) is 0 Å². The summed E-state index contributed by atoms with van der Waals surface area (Å²) in [5, 5.41) is 9.63. The van der Waals surface area contributed by atoms with E-state index >= 15 is 0 Å². The molecule has 0 spiro atoms. The molecule has 3 aliphatic rings. The Balaban J connectivity index is 1.28. The number of fused-ring (bicyclic) bond motifs is 9. The number of hydrogen-bond acceptors (Lipinski definition) is 0. The van der Waals surface area contributed by atoms with Gasteiger partial charge in [-0.3, -0.25) is 0 Å². The Morgan fingerprint density at radius 1 is 0.244 bits per heavy atom. The van der Waals surface area contributed by atoms with Crippen molar-refractivity contribution >= 4 is 55.3 Å². The normalized spacial score (nSPS) is 16.8. The van der Waals surface area contributed by atoms with Crippen molar-refractivity contribution in [2.75, 3.05) is 0 Å². The Labute approximate surface area is 270 Å². The fourth-order valence-corrected chi connectivity index (χ4v) is 20.3. The molecule has 3 aliphatic heterocycles. The molecule has 0 radical (unpaired) electrons. The number of benzene rings is 6. The van der Waals surface area contributed by atoms with Crippen LogP contribution in [0.4, 0.5) is 0 Å². The van der Waals surface area contributed by atoms with Gasteiger partial charge in [-0.1, -0.05) is 161 Å². The van der Waals surface area contributed by atoms with Crippen molar-refractivity contribution in [2.45, 2.75) is 39.3 Å². The van der Waals surface area contributed by atoms with Crippen molar-refractivity contribution in [1.82, 2.24) is 0 Å². The van der Waals surface area contributed by atoms with Gasteiger partial charge in [0, 0.05) is 0 Å². The third-order valence-electron chi connectivity index (χ3n) is 11.4. The van der Waals surface area contributed by atoms with Gasteiger partial charge in [-0.05, 0) is 86.8 Å². The lowest BCUT2D eigenvalue weighted by molar-refractivity contribution is 1.64. The molecule has 0 aromatic heterocycles. The molecule has 9 rings (SSSR count). The van der Waals surface area contributed by atoms with Gasteiger partial charge in [-0.2, -0.15) is 0 Å². The minimum atomic E-state index is -2.12. The molecule has 6 aromatic rings. The van der Waals surface area contributed by atoms with E-state index in [9.17, 15) is 0 Å². The molecule has 0 nitrogen and oxygen atoms in total. The van der Waals surface area contributed by atoms with Gasteiger partial charge in [-0.15, -0.1) is 0 Å². The predicted molar refractivity (Wildman–Crippen MR) is 204 cm³/mol. The lowest BCUT2D eigenvalue weighted by atomic mass is 9.94. The summed E-state index contributed by atoms with van der Waals surface area (Å²) in [5.41, 5.74) is 14.6. The van der Waals surface area contributed by atoms with Gasteiger partial charge < -0.3 is 0 Å². The maximum Gasteiger partial charge on any atom is 0.115 e. The van der Waals surface area contributed by atoms with Crippen LogP contribution in [0.1, 0.15) is 0 Å². The monoisotopic (exact) mass is 626 g/mol. The summed E-state index contributed by atoms with van der Waals surface area (Å²) >= 11 is 0. The van der Waals surface area contributed by atoms with E-state index in [2.05, 4.69) is 161 Å². The zero-order chi connectivity index (χ0) is 30.9. The summed E-state index contributed by atoms with van der Waals surface area (Å²) in [6.45, 7) is 15.5. The van der Waals surface area contributed by atoms with E-state index in [1.54, 1.807) is 31.1 Å². The quantitative estimate of drug-likeness (QED) is 0.175. The molecule has 0 fully saturated rings. The molecular weight excluding hydrogens is 589 g/mol. The molecule has 0 atom stereocenters. The van der Waals surface area contributed by atoms with Crippen LogP contribution in [0.5, 0.6) is 0 Å². The molecule has 45 heavy (non-hydrogen) atoms. The maximum atomic E-state index is 2.62. The van der Waals surface area contributed by atoms with Crippen molar-refractivity contribution < 1.29 is 0 Å². The van der Waals surface area contributed by atoms with E-state index in [1.165, 1.54) is 55.6 Å². The fraction of sp³-hybridized carbons (Fsp3) is 0.143. The van der Waals surface area contributed by atoms with Crippen LogP contribution in [0, 0.1) is 0 Å². The average molecular weight is 627 g/mol. The molecule has 6 aromatic carbocycles. The molecular formula is C42H38Si3. The summed E-state index contributed by atoms with van der Waals surface area (Å²) in [6, 6.07) is 46.9. The van der Waals surface area contributed by atoms with Crippen molar-refractivity contribution in [1.29, 1.82) is 0 Å². The average Bonchev–Trinajstić information content (AvgIpc) is 3.55. The fourth-order valence-electron chi connectivity index (χ4n) is 9.62. The first kappa shape index (κ1) is 27.3. The largest absolute Gasteiger partial charge is 0.115 e. The summed E-state index contributed by atoms with van der Waals surface area (Å²) < 4.78 is 0. The molecule has 3 heteroatoms. The highest BCUT2D eigenvalue weighted by Crippen LogP contribution is 2.40. The molecule has 0 saturated heterocycles. The molecule has 0 amide bonds. The van der Waals surface area contributed by atoms with Gasteiger partial charge >= 0.3 is 0 Å². The van der Waals surface area contributed by atoms with E-state index in [1.807, 2.05) is 0 Å². The zero-order valence-corrected chi connectivity index (χ0v) is 30.0. The molecule has 3 heterocycles. The molecule has 0 bridgehead atoms. The van der Waals surface area contributed by atoms with Crippen LogP contribution in [0.2, 0.25) is 39.3 Å². The van der Waals surface area contributed by atoms with E-state index in [0.717, 1.165) is 0 Å². The Hall–Kier alpha value is -4.03. The topological polar surface area (TPSA) is 0 Å². The SMILES string of the molecule is C[Si]1(C)c2ccccc2-c2cccc(-c3cccc4c3[Si](C)(C)c3c(-c5cccc6c5[Si](C)(C)c5ccccc5-6)cccc3-4)c21. The maximum absolute atomic E-state index is 2.62. The van der Waals surface area contributed by atoms with E-state index in [-0.39, 0.29) is 0 Å². The van der Waals surface area contributed by atoms with Crippen LogP contribution >= 0.6 is 0 Å². The predicted octanol–water partition coefficient (Wildman–Crippen LogP) is 7.43. The van der Waals surface area contributed by atoms with Gasteiger partial charge in [0.15, 0.2) is 0 Å². The number of hydrogen-bond donors (Lipinski definition) is 0. The molecule has 218 valence electrons. The van der Waals surface area contributed by atoms with Gasteiger partial charge in [0.1, 0.15) is 24.2 Å². The molecule has 0 unspecified atom stereocenters. The van der Waals surface area contributed by atoms with Gasteiger partial charge in [0.2, 0.25) is 0 Å². The standard InChI is InChI=1S/C42H38Si3/c1-43(2)37-25-9-7-15-27(37)29-17-11-19-31(39(29)43)33-21-13-23-35-36-24-14-22-34(42(36)45(5,6)41(33)35)32-20-12-18-30-28-16-8-10-26-38(28)44(3,4)40(30)32/h7-26H,1-6H3. The second-order valence-electron chi connectivity index (χ2n) is 14.9. The van der Waals surface area contributed by atoms with Gasteiger partial charge in [0.05, 0.1) is 0 Å². The summed E-state index contributed by atoms with van der Waals surface area (Å²) in [4.78, 5) is 0. The summed E-state index contributed by atoms with van der Waals surface area (Å²) in [5.74, 6) is 0.